The van der Waals surface area contributed by atoms with Crippen molar-refractivity contribution in [1.82, 2.24) is 9.80 Å². The van der Waals surface area contributed by atoms with Crippen molar-refractivity contribution in [2.75, 3.05) is 26.2 Å². The fourth-order valence-corrected chi connectivity index (χ4v) is 4.78. The summed E-state index contributed by atoms with van der Waals surface area (Å²) in [5.41, 5.74) is 6.39. The zero-order valence-electron chi connectivity index (χ0n) is 16.2. The van der Waals surface area contributed by atoms with E-state index in [4.69, 9.17) is 10.5 Å². The number of likely N-dealkylation sites (tertiary alicyclic amines) is 2. The van der Waals surface area contributed by atoms with Gasteiger partial charge < -0.3 is 20.3 Å². The average molecular weight is 352 g/mol. The molecule has 0 aromatic carbocycles. The molecule has 2 aliphatic heterocycles. The third-order valence-corrected chi connectivity index (χ3v) is 6.62. The van der Waals surface area contributed by atoms with Crippen LogP contribution < -0.4 is 5.73 Å². The number of ether oxygens (including phenoxy) is 1. The van der Waals surface area contributed by atoms with Crippen molar-refractivity contribution in [3.63, 3.8) is 0 Å². The third-order valence-electron chi connectivity index (χ3n) is 6.62. The van der Waals surface area contributed by atoms with Crippen molar-refractivity contribution >= 4 is 6.03 Å². The quantitative estimate of drug-likeness (QED) is 0.846. The van der Waals surface area contributed by atoms with Gasteiger partial charge in [0.05, 0.1) is 18.8 Å². The van der Waals surface area contributed by atoms with Crippen molar-refractivity contribution in [2.45, 2.75) is 83.4 Å². The molecule has 144 valence electrons. The van der Waals surface area contributed by atoms with Gasteiger partial charge >= 0.3 is 6.03 Å². The molecule has 0 unspecified atom stereocenters. The molecule has 2 saturated heterocycles. The van der Waals surface area contributed by atoms with Crippen molar-refractivity contribution in [3.8, 4) is 0 Å². The Morgan fingerprint density at radius 1 is 1.04 bits per heavy atom. The van der Waals surface area contributed by atoms with Gasteiger partial charge in [-0.05, 0) is 63.2 Å². The SMILES string of the molecule is CC(C)C1CCC(OC[C@H]2[C@@H](N)CCCN2C(=O)N2CCCC2)CC1. The van der Waals surface area contributed by atoms with Gasteiger partial charge in [-0.15, -0.1) is 0 Å². The van der Waals surface area contributed by atoms with E-state index in [1.807, 2.05) is 9.80 Å². The van der Waals surface area contributed by atoms with Gasteiger partial charge in [-0.1, -0.05) is 13.8 Å². The second-order valence-electron chi connectivity index (χ2n) is 8.66. The van der Waals surface area contributed by atoms with E-state index in [-0.39, 0.29) is 18.1 Å². The molecule has 3 fully saturated rings. The van der Waals surface area contributed by atoms with E-state index in [0.29, 0.717) is 12.7 Å². The normalized spacial score (nSPS) is 33.9. The van der Waals surface area contributed by atoms with Crippen LogP contribution in [0.25, 0.3) is 0 Å². The van der Waals surface area contributed by atoms with E-state index in [1.54, 1.807) is 0 Å². The Labute approximate surface area is 153 Å². The molecule has 2 N–H and O–H groups in total. The minimum Gasteiger partial charge on any atom is -0.376 e. The number of carbonyl (C=O) groups is 1. The number of nitrogens with zero attached hydrogens (tertiary/aromatic N) is 2. The maximum atomic E-state index is 12.9. The number of carbonyl (C=O) groups excluding carboxylic acids is 1. The second kappa shape index (κ2) is 8.72. The van der Waals surface area contributed by atoms with Gasteiger partial charge in [-0.3, -0.25) is 0 Å². The van der Waals surface area contributed by atoms with Gasteiger partial charge in [0.15, 0.2) is 0 Å². The van der Waals surface area contributed by atoms with Crippen LogP contribution in [-0.4, -0.2) is 60.3 Å². The molecule has 2 atom stereocenters. The lowest BCUT2D eigenvalue weighted by molar-refractivity contribution is -0.0251. The molecule has 0 aromatic heterocycles. The summed E-state index contributed by atoms with van der Waals surface area (Å²) in [6.45, 7) is 7.90. The van der Waals surface area contributed by atoms with Crippen LogP contribution in [0.2, 0.25) is 0 Å². The number of hydrogen-bond acceptors (Lipinski definition) is 3. The Bertz CT molecular complexity index is 429. The monoisotopic (exact) mass is 351 g/mol. The first-order chi connectivity index (χ1) is 12.1. The summed E-state index contributed by atoms with van der Waals surface area (Å²) >= 11 is 0. The van der Waals surface area contributed by atoms with Crippen LogP contribution in [0.1, 0.15) is 65.2 Å². The Hall–Kier alpha value is -0.810. The van der Waals surface area contributed by atoms with Crippen LogP contribution >= 0.6 is 0 Å². The molecule has 2 amide bonds. The van der Waals surface area contributed by atoms with Crippen LogP contribution in [0, 0.1) is 11.8 Å². The number of hydrogen-bond donors (Lipinski definition) is 1. The summed E-state index contributed by atoms with van der Waals surface area (Å²) in [7, 11) is 0. The highest BCUT2D eigenvalue weighted by Gasteiger charge is 2.36. The molecule has 3 aliphatic rings. The molecule has 0 spiro atoms. The van der Waals surface area contributed by atoms with Crippen molar-refractivity contribution in [2.24, 2.45) is 17.6 Å². The number of urea groups is 1. The molecule has 0 radical (unpaired) electrons. The van der Waals surface area contributed by atoms with Crippen LogP contribution in [0.15, 0.2) is 0 Å². The zero-order valence-corrected chi connectivity index (χ0v) is 16.2. The summed E-state index contributed by atoms with van der Waals surface area (Å²) < 4.78 is 6.27. The van der Waals surface area contributed by atoms with Gasteiger partial charge in [0.2, 0.25) is 0 Å². The van der Waals surface area contributed by atoms with Gasteiger partial charge in [0.25, 0.3) is 0 Å². The largest absolute Gasteiger partial charge is 0.376 e. The molecular weight excluding hydrogens is 314 g/mol. The molecule has 0 bridgehead atoms. The van der Waals surface area contributed by atoms with Crippen molar-refractivity contribution in [3.05, 3.63) is 0 Å². The maximum Gasteiger partial charge on any atom is 0.320 e. The lowest BCUT2D eigenvalue weighted by atomic mass is 9.80. The maximum absolute atomic E-state index is 12.9. The Kier molecular flexibility index (Phi) is 6.61. The first-order valence-corrected chi connectivity index (χ1v) is 10.5. The van der Waals surface area contributed by atoms with Crippen LogP contribution in [0.3, 0.4) is 0 Å². The fourth-order valence-electron chi connectivity index (χ4n) is 4.78. The molecule has 25 heavy (non-hydrogen) atoms. The van der Waals surface area contributed by atoms with Crippen molar-refractivity contribution in [1.29, 1.82) is 0 Å². The Morgan fingerprint density at radius 3 is 2.36 bits per heavy atom. The summed E-state index contributed by atoms with van der Waals surface area (Å²) in [5, 5.41) is 0. The van der Waals surface area contributed by atoms with E-state index >= 15 is 0 Å². The van der Waals surface area contributed by atoms with Crippen LogP contribution in [0.4, 0.5) is 4.79 Å². The molecule has 3 rings (SSSR count). The lowest BCUT2D eigenvalue weighted by Crippen LogP contribution is -2.59. The molecule has 1 saturated carbocycles. The molecule has 5 heteroatoms. The second-order valence-corrected chi connectivity index (χ2v) is 8.66. The topological polar surface area (TPSA) is 58.8 Å². The van der Waals surface area contributed by atoms with Crippen LogP contribution in [0.5, 0.6) is 0 Å². The van der Waals surface area contributed by atoms with Gasteiger partial charge in [-0.2, -0.15) is 0 Å². The number of piperidine rings is 1. The first kappa shape index (κ1) is 19.0. The summed E-state index contributed by atoms with van der Waals surface area (Å²) in [4.78, 5) is 16.9. The highest BCUT2D eigenvalue weighted by molar-refractivity contribution is 5.75. The highest BCUT2D eigenvalue weighted by atomic mass is 16.5. The lowest BCUT2D eigenvalue weighted by Gasteiger charge is -2.42. The zero-order chi connectivity index (χ0) is 17.8. The number of amides is 2. The standard InChI is InChI=1S/C20H37N3O2/c1-15(2)16-7-9-17(10-8-16)25-14-19-18(21)6-5-13-23(19)20(24)22-11-3-4-12-22/h15-19H,3-14,21H2,1-2H3/t16?,17?,18-,19-/m0/s1. The summed E-state index contributed by atoms with van der Waals surface area (Å²) in [6.07, 6.45) is 9.49. The predicted molar refractivity (Wildman–Crippen MR) is 100 cm³/mol. The minimum absolute atomic E-state index is 0.0460. The van der Waals surface area contributed by atoms with E-state index < -0.39 is 0 Å². The summed E-state index contributed by atoms with van der Waals surface area (Å²) in [6, 6.07) is 0.279. The Balaban J connectivity index is 1.52. The minimum atomic E-state index is 0.0460. The molecule has 1 aliphatic carbocycles. The first-order valence-electron chi connectivity index (χ1n) is 10.5. The van der Waals surface area contributed by atoms with E-state index in [2.05, 4.69) is 13.8 Å². The van der Waals surface area contributed by atoms with E-state index in [1.165, 1.54) is 12.8 Å². The van der Waals surface area contributed by atoms with Crippen LogP contribution in [-0.2, 0) is 4.74 Å². The smallest absolute Gasteiger partial charge is 0.320 e. The van der Waals surface area contributed by atoms with Gasteiger partial charge in [-0.25, -0.2) is 4.79 Å². The third kappa shape index (κ3) is 4.68. The van der Waals surface area contributed by atoms with E-state index in [9.17, 15) is 4.79 Å². The number of nitrogens with two attached hydrogens (primary N) is 1. The van der Waals surface area contributed by atoms with E-state index in [0.717, 1.165) is 70.0 Å². The number of rotatable bonds is 4. The Morgan fingerprint density at radius 2 is 1.72 bits per heavy atom. The van der Waals surface area contributed by atoms with Crippen molar-refractivity contribution < 1.29 is 9.53 Å². The fraction of sp³-hybridized carbons (Fsp3) is 0.950. The molecule has 0 aromatic rings. The predicted octanol–water partition coefficient (Wildman–Crippen LogP) is 3.23. The highest BCUT2D eigenvalue weighted by Crippen LogP contribution is 2.31. The molecule has 2 heterocycles. The molecule has 5 nitrogen and oxygen atoms in total. The molecular formula is C20H37N3O2. The van der Waals surface area contributed by atoms with Gasteiger partial charge in [0, 0.05) is 25.7 Å². The summed E-state index contributed by atoms with van der Waals surface area (Å²) in [5.74, 6) is 1.63. The average Bonchev–Trinajstić information content (AvgIpc) is 3.15. The van der Waals surface area contributed by atoms with Gasteiger partial charge in [0.1, 0.15) is 0 Å².